The Balaban J connectivity index is 1.23. The van der Waals surface area contributed by atoms with E-state index in [1.807, 2.05) is 48.5 Å². The summed E-state index contributed by atoms with van der Waals surface area (Å²) in [7, 11) is 0. The van der Waals surface area contributed by atoms with Crippen LogP contribution in [0.15, 0.2) is 84.9 Å². The third kappa shape index (κ3) is 9.09. The van der Waals surface area contributed by atoms with Gasteiger partial charge in [-0.05, 0) is 35.4 Å². The second-order valence-corrected chi connectivity index (χ2v) is 10.6. The van der Waals surface area contributed by atoms with Gasteiger partial charge in [-0.15, -0.1) is 0 Å². The van der Waals surface area contributed by atoms with Gasteiger partial charge in [-0.2, -0.15) is 0 Å². The zero-order valence-electron chi connectivity index (χ0n) is 23.9. The van der Waals surface area contributed by atoms with E-state index in [0.717, 1.165) is 11.1 Å². The van der Waals surface area contributed by atoms with E-state index in [0.29, 0.717) is 11.5 Å². The summed E-state index contributed by atoms with van der Waals surface area (Å²) >= 11 is 0. The third-order valence-electron chi connectivity index (χ3n) is 6.67. The quantitative estimate of drug-likeness (QED) is 0.123. The number of hydrogen-bond donors (Lipinski definition) is 6. The maximum atomic E-state index is 10.2. The Hall–Kier alpha value is -4.80. The predicted octanol–water partition coefficient (Wildman–Crippen LogP) is 4.47. The first-order chi connectivity index (χ1) is 20.5. The molecule has 0 heterocycles. The van der Waals surface area contributed by atoms with Crippen LogP contribution in [0.2, 0.25) is 0 Å². The highest BCUT2D eigenvalue weighted by molar-refractivity contribution is 5.43. The van der Waals surface area contributed by atoms with Crippen LogP contribution in [-0.4, -0.2) is 69.3 Å². The highest BCUT2D eigenvalue weighted by Crippen LogP contribution is 2.33. The van der Waals surface area contributed by atoms with Gasteiger partial charge < -0.3 is 49.6 Å². The first-order valence-corrected chi connectivity index (χ1v) is 13.6. The van der Waals surface area contributed by atoms with Gasteiger partial charge in [-0.3, -0.25) is 0 Å². The lowest BCUT2D eigenvalue weighted by atomic mass is 9.78. The van der Waals surface area contributed by atoms with Crippen LogP contribution in [0.25, 0.3) is 0 Å². The van der Waals surface area contributed by atoms with Gasteiger partial charge in [0.25, 0.3) is 0 Å². The maximum absolute atomic E-state index is 10.2. The van der Waals surface area contributed by atoms with Crippen molar-refractivity contribution in [2.75, 3.05) is 26.4 Å². The molecule has 2 unspecified atom stereocenters. The largest absolute Gasteiger partial charge is 0.508 e. The van der Waals surface area contributed by atoms with Crippen LogP contribution in [0.5, 0.6) is 46.0 Å². The molecule has 4 aromatic carbocycles. The molecule has 10 heteroatoms. The Kier molecular flexibility index (Phi) is 10.1. The van der Waals surface area contributed by atoms with E-state index in [2.05, 4.69) is 13.8 Å². The summed E-state index contributed by atoms with van der Waals surface area (Å²) < 4.78 is 22.2. The van der Waals surface area contributed by atoms with Crippen molar-refractivity contribution in [3.8, 4) is 46.0 Å². The van der Waals surface area contributed by atoms with Gasteiger partial charge in [-0.1, -0.05) is 38.1 Å². The zero-order chi connectivity index (χ0) is 31.0. The second-order valence-electron chi connectivity index (χ2n) is 10.6. The number of phenols is 4. The maximum Gasteiger partial charge on any atom is 0.126 e. The Labute approximate surface area is 249 Å². The van der Waals surface area contributed by atoms with Gasteiger partial charge in [0.15, 0.2) is 0 Å². The monoisotopic (exact) mass is 592 g/mol. The van der Waals surface area contributed by atoms with Crippen LogP contribution in [0.1, 0.15) is 25.0 Å². The molecule has 0 aliphatic heterocycles. The van der Waals surface area contributed by atoms with Gasteiger partial charge >= 0.3 is 0 Å². The number of aliphatic hydroxyl groups excluding tert-OH is 2. The Morgan fingerprint density at radius 2 is 0.744 bits per heavy atom. The Morgan fingerprint density at radius 3 is 1.05 bits per heavy atom. The molecule has 0 spiro atoms. The molecule has 2 atom stereocenters. The first kappa shape index (κ1) is 31.1. The standard InChI is InChI=1S/C33H36O10/c1-33(2,21-3-7-29(8-4-21)40-17-27(38)19-42-31-13-23(34)11-24(35)14-31)22-5-9-30(10-6-22)41-18-28(39)20-43-32-15-25(36)12-26(37)16-32/h3-16,27-28,34-39H,17-20H2,1-2H3. The molecule has 0 radical (unpaired) electrons. The summed E-state index contributed by atoms with van der Waals surface area (Å²) in [5, 5.41) is 58.5. The van der Waals surface area contributed by atoms with Crippen LogP contribution >= 0.6 is 0 Å². The smallest absolute Gasteiger partial charge is 0.126 e. The van der Waals surface area contributed by atoms with Crippen LogP contribution in [0.3, 0.4) is 0 Å². The van der Waals surface area contributed by atoms with Crippen LogP contribution < -0.4 is 18.9 Å². The molecule has 4 aromatic rings. The molecule has 0 aromatic heterocycles. The number of phenolic OH excluding ortho intramolecular Hbond substituents is 4. The molecule has 0 saturated carbocycles. The summed E-state index contributed by atoms with van der Waals surface area (Å²) in [5.41, 5.74) is 1.76. The Bertz CT molecular complexity index is 1320. The van der Waals surface area contributed by atoms with Crippen molar-refractivity contribution in [2.24, 2.45) is 0 Å². The zero-order valence-corrected chi connectivity index (χ0v) is 23.9. The highest BCUT2D eigenvalue weighted by atomic mass is 16.5. The summed E-state index contributed by atoms with van der Waals surface area (Å²) in [6.45, 7) is 4.03. The summed E-state index contributed by atoms with van der Waals surface area (Å²) in [6.07, 6.45) is -1.86. The van der Waals surface area contributed by atoms with E-state index >= 15 is 0 Å². The highest BCUT2D eigenvalue weighted by Gasteiger charge is 2.23. The molecule has 0 bridgehead atoms. The lowest BCUT2D eigenvalue weighted by molar-refractivity contribution is 0.0625. The number of ether oxygens (including phenoxy) is 4. The van der Waals surface area contributed by atoms with Crippen LogP contribution in [0, 0.1) is 0 Å². The van der Waals surface area contributed by atoms with Crippen molar-refractivity contribution in [2.45, 2.75) is 31.5 Å². The molecule has 0 aliphatic rings. The van der Waals surface area contributed by atoms with Crippen LogP contribution in [-0.2, 0) is 5.41 Å². The van der Waals surface area contributed by atoms with Crippen molar-refractivity contribution in [3.05, 3.63) is 96.1 Å². The molecule has 0 amide bonds. The van der Waals surface area contributed by atoms with Crippen molar-refractivity contribution in [3.63, 3.8) is 0 Å². The second kappa shape index (κ2) is 13.9. The minimum absolute atomic E-state index is 0.00470. The number of aliphatic hydroxyl groups is 2. The summed E-state index contributed by atoms with van der Waals surface area (Å²) in [5.74, 6) is 1.09. The third-order valence-corrected chi connectivity index (χ3v) is 6.67. The van der Waals surface area contributed by atoms with E-state index in [1.54, 1.807) is 0 Å². The van der Waals surface area contributed by atoms with E-state index in [9.17, 15) is 30.6 Å². The van der Waals surface area contributed by atoms with Crippen molar-refractivity contribution in [1.29, 1.82) is 0 Å². The molecular weight excluding hydrogens is 556 g/mol. The normalized spacial score (nSPS) is 12.7. The molecule has 6 N–H and O–H groups in total. The van der Waals surface area contributed by atoms with Gasteiger partial charge in [0.2, 0.25) is 0 Å². The lowest BCUT2D eigenvalue weighted by Crippen LogP contribution is -2.25. The molecule has 228 valence electrons. The summed E-state index contributed by atoms with van der Waals surface area (Å²) in [6, 6.07) is 22.9. The van der Waals surface area contributed by atoms with E-state index in [-0.39, 0.29) is 66.3 Å². The lowest BCUT2D eigenvalue weighted by Gasteiger charge is -2.26. The van der Waals surface area contributed by atoms with Gasteiger partial charge in [-0.25, -0.2) is 0 Å². The topological polar surface area (TPSA) is 158 Å². The van der Waals surface area contributed by atoms with E-state index < -0.39 is 12.2 Å². The van der Waals surface area contributed by atoms with E-state index in [1.165, 1.54) is 36.4 Å². The fourth-order valence-corrected chi connectivity index (χ4v) is 4.27. The molecule has 10 nitrogen and oxygen atoms in total. The fraction of sp³-hybridized carbons (Fsp3) is 0.273. The van der Waals surface area contributed by atoms with Crippen molar-refractivity contribution >= 4 is 0 Å². The number of hydrogen-bond acceptors (Lipinski definition) is 10. The number of benzene rings is 4. The summed E-state index contributed by atoms with van der Waals surface area (Å²) in [4.78, 5) is 0. The molecule has 0 fully saturated rings. The minimum Gasteiger partial charge on any atom is -0.508 e. The number of rotatable bonds is 14. The van der Waals surface area contributed by atoms with E-state index in [4.69, 9.17) is 18.9 Å². The average Bonchev–Trinajstić information content (AvgIpc) is 2.96. The van der Waals surface area contributed by atoms with Gasteiger partial charge in [0.05, 0.1) is 0 Å². The van der Waals surface area contributed by atoms with Crippen molar-refractivity contribution < 1.29 is 49.6 Å². The molecule has 0 aliphatic carbocycles. The minimum atomic E-state index is -0.928. The average molecular weight is 593 g/mol. The molecule has 4 rings (SSSR count). The SMILES string of the molecule is CC(C)(c1ccc(OCC(O)COc2cc(O)cc(O)c2)cc1)c1ccc(OCC(O)COc2cc(O)cc(O)c2)cc1. The predicted molar refractivity (Wildman–Crippen MR) is 159 cm³/mol. The molecule has 43 heavy (non-hydrogen) atoms. The fourth-order valence-electron chi connectivity index (χ4n) is 4.27. The van der Waals surface area contributed by atoms with Crippen molar-refractivity contribution in [1.82, 2.24) is 0 Å². The number of aromatic hydroxyl groups is 4. The van der Waals surface area contributed by atoms with Crippen LogP contribution in [0.4, 0.5) is 0 Å². The Morgan fingerprint density at radius 1 is 0.465 bits per heavy atom. The van der Waals surface area contributed by atoms with Gasteiger partial charge in [0.1, 0.15) is 84.6 Å². The molecule has 0 saturated heterocycles. The van der Waals surface area contributed by atoms with Gasteiger partial charge in [0, 0.05) is 41.8 Å². The first-order valence-electron chi connectivity index (χ1n) is 13.6. The molecular formula is C33H36O10.